The highest BCUT2D eigenvalue weighted by atomic mass is 16.3. The second-order valence-corrected chi connectivity index (χ2v) is 6.00. The molecular formula is C17H26N2O3. The first-order valence-electron chi connectivity index (χ1n) is 8.16. The molecule has 0 saturated heterocycles. The zero-order valence-corrected chi connectivity index (χ0v) is 12.9. The van der Waals surface area contributed by atoms with E-state index in [0.717, 1.165) is 12.8 Å². The van der Waals surface area contributed by atoms with Gasteiger partial charge >= 0.3 is 6.03 Å². The Hall–Kier alpha value is -1.75. The summed E-state index contributed by atoms with van der Waals surface area (Å²) in [4.78, 5) is 11.9. The van der Waals surface area contributed by atoms with Crippen LogP contribution in [0.15, 0.2) is 24.3 Å². The van der Waals surface area contributed by atoms with Crippen LogP contribution in [0.4, 0.5) is 4.79 Å². The number of hydrogen-bond donors (Lipinski definition) is 4. The van der Waals surface area contributed by atoms with E-state index in [4.69, 9.17) is 0 Å². The van der Waals surface area contributed by atoms with Gasteiger partial charge in [0.25, 0.3) is 0 Å². The molecule has 0 aromatic heterocycles. The summed E-state index contributed by atoms with van der Waals surface area (Å²) in [6.45, 7) is 0.156. The van der Waals surface area contributed by atoms with Gasteiger partial charge in [0, 0.05) is 12.6 Å². The molecule has 4 N–H and O–H groups in total. The molecule has 2 rings (SSSR count). The van der Waals surface area contributed by atoms with Crippen molar-refractivity contribution in [2.45, 2.75) is 57.1 Å². The number of aliphatic hydroxyl groups is 1. The van der Waals surface area contributed by atoms with E-state index < -0.39 is 6.10 Å². The maximum absolute atomic E-state index is 11.9. The van der Waals surface area contributed by atoms with Crippen LogP contribution < -0.4 is 10.6 Å². The summed E-state index contributed by atoms with van der Waals surface area (Å²) in [6, 6.07) is 6.36. The van der Waals surface area contributed by atoms with Gasteiger partial charge in [0.1, 0.15) is 5.75 Å². The minimum atomic E-state index is -0.774. The Morgan fingerprint density at radius 2 is 1.68 bits per heavy atom. The quantitative estimate of drug-likeness (QED) is 0.690. The van der Waals surface area contributed by atoms with E-state index in [0.29, 0.717) is 5.56 Å². The summed E-state index contributed by atoms with van der Waals surface area (Å²) in [5, 5.41) is 25.0. The summed E-state index contributed by atoms with van der Waals surface area (Å²) in [7, 11) is 0. The first kappa shape index (κ1) is 16.6. The fraction of sp³-hybridized carbons (Fsp3) is 0.588. The van der Waals surface area contributed by atoms with Crippen LogP contribution in [0.1, 0.15) is 56.6 Å². The van der Waals surface area contributed by atoms with Crippen molar-refractivity contribution in [1.82, 2.24) is 10.6 Å². The lowest BCUT2D eigenvalue weighted by Crippen LogP contribution is -2.43. The number of hydrogen-bond acceptors (Lipinski definition) is 3. The molecule has 0 aliphatic heterocycles. The van der Waals surface area contributed by atoms with Gasteiger partial charge in [0.15, 0.2) is 0 Å². The molecule has 0 radical (unpaired) electrons. The fourth-order valence-electron chi connectivity index (χ4n) is 2.84. The molecule has 122 valence electrons. The van der Waals surface area contributed by atoms with Gasteiger partial charge in [-0.15, -0.1) is 0 Å². The highest BCUT2D eigenvalue weighted by molar-refractivity contribution is 5.74. The summed E-state index contributed by atoms with van der Waals surface area (Å²) < 4.78 is 0. The van der Waals surface area contributed by atoms with Crippen molar-refractivity contribution >= 4 is 6.03 Å². The van der Waals surface area contributed by atoms with Crippen LogP contribution in [-0.2, 0) is 0 Å². The van der Waals surface area contributed by atoms with Crippen LogP contribution in [0.3, 0.4) is 0 Å². The largest absolute Gasteiger partial charge is 0.508 e. The summed E-state index contributed by atoms with van der Waals surface area (Å²) in [5.41, 5.74) is 0.670. The number of carbonyl (C=O) groups excluding carboxylic acids is 1. The van der Waals surface area contributed by atoms with Crippen molar-refractivity contribution in [3.05, 3.63) is 29.8 Å². The average molecular weight is 306 g/mol. The topological polar surface area (TPSA) is 81.6 Å². The van der Waals surface area contributed by atoms with Crippen LogP contribution in [0, 0.1) is 0 Å². The molecule has 1 aliphatic rings. The van der Waals surface area contributed by atoms with Crippen molar-refractivity contribution in [3.8, 4) is 5.75 Å². The molecule has 1 fully saturated rings. The van der Waals surface area contributed by atoms with Gasteiger partial charge in [-0.05, 0) is 30.5 Å². The number of urea groups is 1. The predicted molar refractivity (Wildman–Crippen MR) is 85.7 cm³/mol. The molecule has 0 heterocycles. The Labute approximate surface area is 131 Å². The zero-order chi connectivity index (χ0) is 15.8. The second kappa shape index (κ2) is 8.63. The minimum Gasteiger partial charge on any atom is -0.508 e. The van der Waals surface area contributed by atoms with E-state index >= 15 is 0 Å². The first-order valence-corrected chi connectivity index (χ1v) is 8.16. The van der Waals surface area contributed by atoms with Gasteiger partial charge < -0.3 is 20.8 Å². The number of aromatic hydroxyl groups is 1. The standard InChI is InChI=1S/C17H26N2O3/c20-15-10-8-13(9-11-15)16(21)12-18-17(22)19-14-6-4-2-1-3-5-7-14/h8-11,14,16,20-21H,1-7,12H2,(H2,18,19,22). The zero-order valence-electron chi connectivity index (χ0n) is 12.9. The van der Waals surface area contributed by atoms with Crippen molar-refractivity contribution in [1.29, 1.82) is 0 Å². The highest BCUT2D eigenvalue weighted by Crippen LogP contribution is 2.17. The van der Waals surface area contributed by atoms with Gasteiger partial charge in [-0.3, -0.25) is 0 Å². The van der Waals surface area contributed by atoms with Crippen LogP contribution in [-0.4, -0.2) is 28.8 Å². The molecule has 1 aliphatic carbocycles. The Bertz CT molecular complexity index is 453. The Balaban J connectivity index is 1.73. The highest BCUT2D eigenvalue weighted by Gasteiger charge is 2.15. The van der Waals surface area contributed by atoms with Gasteiger partial charge in [-0.1, -0.05) is 44.2 Å². The van der Waals surface area contributed by atoms with E-state index in [2.05, 4.69) is 10.6 Å². The number of amides is 2. The van der Waals surface area contributed by atoms with E-state index in [1.807, 2.05) is 0 Å². The summed E-state index contributed by atoms with van der Waals surface area (Å²) in [6.07, 6.45) is 7.43. The van der Waals surface area contributed by atoms with E-state index in [1.165, 1.54) is 44.2 Å². The number of phenolic OH excluding ortho intramolecular Hbond substituents is 1. The van der Waals surface area contributed by atoms with Crippen molar-refractivity contribution in [3.63, 3.8) is 0 Å². The molecular weight excluding hydrogens is 280 g/mol. The number of carbonyl (C=O) groups is 1. The van der Waals surface area contributed by atoms with E-state index in [-0.39, 0.29) is 24.4 Å². The lowest BCUT2D eigenvalue weighted by molar-refractivity contribution is 0.172. The number of nitrogens with one attached hydrogen (secondary N) is 2. The van der Waals surface area contributed by atoms with Gasteiger partial charge in [0.2, 0.25) is 0 Å². The first-order chi connectivity index (χ1) is 10.6. The van der Waals surface area contributed by atoms with Crippen LogP contribution in [0.25, 0.3) is 0 Å². The summed E-state index contributed by atoms with van der Waals surface area (Å²) in [5.74, 6) is 0.158. The third-order valence-electron chi connectivity index (χ3n) is 4.17. The number of rotatable bonds is 4. The molecule has 1 atom stereocenters. The molecule has 2 amide bonds. The van der Waals surface area contributed by atoms with Crippen molar-refractivity contribution in [2.24, 2.45) is 0 Å². The van der Waals surface area contributed by atoms with E-state index in [9.17, 15) is 15.0 Å². The SMILES string of the molecule is O=C(NCC(O)c1ccc(O)cc1)NC1CCCCCCC1. The normalized spacial score (nSPS) is 18.0. The molecule has 1 aromatic rings. The lowest BCUT2D eigenvalue weighted by Gasteiger charge is -2.21. The van der Waals surface area contributed by atoms with Crippen molar-refractivity contribution < 1.29 is 15.0 Å². The Kier molecular flexibility index (Phi) is 6.52. The Morgan fingerprint density at radius 1 is 1.09 bits per heavy atom. The summed E-state index contributed by atoms with van der Waals surface area (Å²) >= 11 is 0. The van der Waals surface area contributed by atoms with Gasteiger partial charge in [0.05, 0.1) is 6.10 Å². The monoisotopic (exact) mass is 306 g/mol. The predicted octanol–water partition coefficient (Wildman–Crippen LogP) is 2.84. The van der Waals surface area contributed by atoms with Gasteiger partial charge in [-0.2, -0.15) is 0 Å². The van der Waals surface area contributed by atoms with E-state index in [1.54, 1.807) is 12.1 Å². The lowest BCUT2D eigenvalue weighted by atomic mass is 9.97. The molecule has 5 nitrogen and oxygen atoms in total. The molecule has 1 aromatic carbocycles. The molecule has 5 heteroatoms. The molecule has 22 heavy (non-hydrogen) atoms. The number of aliphatic hydroxyl groups excluding tert-OH is 1. The molecule has 0 bridgehead atoms. The third kappa shape index (κ3) is 5.56. The maximum Gasteiger partial charge on any atom is 0.315 e. The third-order valence-corrected chi connectivity index (χ3v) is 4.17. The smallest absolute Gasteiger partial charge is 0.315 e. The molecule has 1 saturated carbocycles. The second-order valence-electron chi connectivity index (χ2n) is 6.00. The minimum absolute atomic E-state index is 0.156. The number of phenols is 1. The van der Waals surface area contributed by atoms with Crippen LogP contribution >= 0.6 is 0 Å². The average Bonchev–Trinajstić information content (AvgIpc) is 2.48. The van der Waals surface area contributed by atoms with Crippen LogP contribution in [0.2, 0.25) is 0 Å². The Morgan fingerprint density at radius 3 is 2.32 bits per heavy atom. The number of benzene rings is 1. The fourth-order valence-corrected chi connectivity index (χ4v) is 2.84. The van der Waals surface area contributed by atoms with Crippen LogP contribution in [0.5, 0.6) is 5.75 Å². The molecule has 1 unspecified atom stereocenters. The van der Waals surface area contributed by atoms with Gasteiger partial charge in [-0.25, -0.2) is 4.79 Å². The maximum atomic E-state index is 11.9. The van der Waals surface area contributed by atoms with Crippen molar-refractivity contribution in [2.75, 3.05) is 6.54 Å². The molecule has 0 spiro atoms.